The summed E-state index contributed by atoms with van der Waals surface area (Å²) in [6.45, 7) is 1.40. The van der Waals surface area contributed by atoms with Gasteiger partial charge in [0, 0.05) is 19.1 Å². The van der Waals surface area contributed by atoms with E-state index in [9.17, 15) is 5.11 Å². The summed E-state index contributed by atoms with van der Waals surface area (Å²) in [5.41, 5.74) is 2.95. The van der Waals surface area contributed by atoms with Gasteiger partial charge < -0.3 is 15.3 Å². The van der Waals surface area contributed by atoms with Gasteiger partial charge in [0.2, 0.25) is 0 Å². The third kappa shape index (κ3) is 3.80. The second-order valence-corrected chi connectivity index (χ2v) is 5.53. The minimum absolute atomic E-state index is 0.280. The number of hydrogen-bond donors (Lipinski definition) is 2. The molecule has 2 atom stereocenters. The average molecular weight is 248 g/mol. The second-order valence-electron chi connectivity index (χ2n) is 5.53. The Balaban J connectivity index is 1.79. The molecule has 0 fully saturated rings. The van der Waals surface area contributed by atoms with E-state index in [1.54, 1.807) is 0 Å². The highest BCUT2D eigenvalue weighted by Crippen LogP contribution is 2.20. The maximum absolute atomic E-state index is 9.84. The van der Waals surface area contributed by atoms with E-state index in [0.717, 1.165) is 19.4 Å². The van der Waals surface area contributed by atoms with Gasteiger partial charge in [0.05, 0.1) is 6.10 Å². The Labute approximate surface area is 110 Å². The first kappa shape index (κ1) is 13.5. The van der Waals surface area contributed by atoms with Crippen LogP contribution in [0, 0.1) is 0 Å². The highest BCUT2D eigenvalue weighted by molar-refractivity contribution is 5.30. The molecule has 0 spiro atoms. The van der Waals surface area contributed by atoms with E-state index < -0.39 is 0 Å². The largest absolute Gasteiger partial charge is 0.390 e. The minimum Gasteiger partial charge on any atom is -0.390 e. The molecular weight excluding hydrogens is 224 g/mol. The molecule has 18 heavy (non-hydrogen) atoms. The second kappa shape index (κ2) is 6.32. The molecule has 1 aliphatic rings. The Kier molecular flexibility index (Phi) is 4.75. The van der Waals surface area contributed by atoms with Gasteiger partial charge in [0.15, 0.2) is 0 Å². The number of hydrogen-bond acceptors (Lipinski definition) is 3. The minimum atomic E-state index is -0.280. The molecule has 2 rings (SSSR count). The predicted octanol–water partition coefficient (Wildman–Crippen LogP) is 1.06. The molecule has 3 nitrogen and oxygen atoms in total. The Hall–Kier alpha value is -0.900. The Morgan fingerprint density at radius 2 is 2.06 bits per heavy atom. The molecule has 0 saturated carbocycles. The van der Waals surface area contributed by atoms with Gasteiger partial charge in [-0.05, 0) is 44.5 Å². The molecule has 100 valence electrons. The van der Waals surface area contributed by atoms with Crippen LogP contribution in [-0.4, -0.2) is 49.3 Å². The quantitative estimate of drug-likeness (QED) is 0.818. The van der Waals surface area contributed by atoms with Crippen molar-refractivity contribution in [3.05, 3.63) is 35.4 Å². The number of aryl methyl sites for hydroxylation is 1. The first-order valence-corrected chi connectivity index (χ1v) is 6.78. The fraction of sp³-hybridized carbons (Fsp3) is 0.600. The number of aliphatic hydroxyl groups is 1. The number of aliphatic hydroxyl groups excluding tert-OH is 1. The van der Waals surface area contributed by atoms with Crippen molar-refractivity contribution in [3.63, 3.8) is 0 Å². The third-order valence-corrected chi connectivity index (χ3v) is 3.56. The lowest BCUT2D eigenvalue weighted by atomic mass is 9.88. The molecule has 0 aromatic heterocycles. The summed E-state index contributed by atoms with van der Waals surface area (Å²) >= 11 is 0. The van der Waals surface area contributed by atoms with Gasteiger partial charge >= 0.3 is 0 Å². The van der Waals surface area contributed by atoms with Crippen LogP contribution < -0.4 is 5.32 Å². The lowest BCUT2D eigenvalue weighted by Crippen LogP contribution is -2.42. The van der Waals surface area contributed by atoms with E-state index in [1.807, 2.05) is 19.0 Å². The van der Waals surface area contributed by atoms with Crippen LogP contribution in [-0.2, 0) is 12.8 Å². The van der Waals surface area contributed by atoms with Gasteiger partial charge in [-0.1, -0.05) is 24.3 Å². The van der Waals surface area contributed by atoms with Crippen molar-refractivity contribution in [1.29, 1.82) is 0 Å². The third-order valence-electron chi connectivity index (χ3n) is 3.56. The summed E-state index contributed by atoms with van der Waals surface area (Å²) in [6, 6.07) is 9.19. The number of benzene rings is 1. The van der Waals surface area contributed by atoms with Crippen molar-refractivity contribution in [1.82, 2.24) is 10.2 Å². The van der Waals surface area contributed by atoms with E-state index in [4.69, 9.17) is 0 Å². The Morgan fingerprint density at radius 1 is 1.33 bits per heavy atom. The molecule has 3 heteroatoms. The molecule has 1 aromatic carbocycles. The van der Waals surface area contributed by atoms with Crippen molar-refractivity contribution in [2.75, 3.05) is 27.2 Å². The summed E-state index contributed by atoms with van der Waals surface area (Å²) in [6.07, 6.45) is 3.13. The molecular formula is C15H24N2O. The molecule has 1 aromatic rings. The fourth-order valence-corrected chi connectivity index (χ4v) is 2.66. The average Bonchev–Trinajstić information content (AvgIpc) is 2.35. The zero-order chi connectivity index (χ0) is 13.0. The highest BCUT2D eigenvalue weighted by Gasteiger charge is 2.18. The number of rotatable bonds is 5. The van der Waals surface area contributed by atoms with Crippen LogP contribution in [0.4, 0.5) is 0 Å². The first-order valence-electron chi connectivity index (χ1n) is 6.78. The number of nitrogens with one attached hydrogen (secondary N) is 1. The van der Waals surface area contributed by atoms with Crippen LogP contribution in [0.3, 0.4) is 0 Å². The zero-order valence-electron chi connectivity index (χ0n) is 11.4. The molecule has 0 saturated heterocycles. The summed E-state index contributed by atoms with van der Waals surface area (Å²) in [4.78, 5) is 2.02. The number of fused-ring (bicyclic) bond motifs is 1. The Morgan fingerprint density at radius 3 is 2.78 bits per heavy atom. The molecule has 0 bridgehead atoms. The van der Waals surface area contributed by atoms with Crippen LogP contribution >= 0.6 is 0 Å². The summed E-state index contributed by atoms with van der Waals surface area (Å²) in [5, 5.41) is 13.3. The van der Waals surface area contributed by atoms with E-state index in [2.05, 4.69) is 29.6 Å². The molecule has 2 N–H and O–H groups in total. The number of nitrogens with zero attached hydrogens (tertiary/aromatic N) is 1. The van der Waals surface area contributed by atoms with E-state index in [0.29, 0.717) is 12.6 Å². The predicted molar refractivity (Wildman–Crippen MR) is 74.8 cm³/mol. The van der Waals surface area contributed by atoms with Crippen molar-refractivity contribution in [2.45, 2.75) is 31.4 Å². The van der Waals surface area contributed by atoms with E-state index in [-0.39, 0.29) is 6.10 Å². The standard InChI is InChI=1S/C15H24N2O/c1-17(2)11-15(18)10-16-14-8-7-12-5-3-4-6-13(12)9-14/h3-6,14-16,18H,7-11H2,1-2H3. The van der Waals surface area contributed by atoms with Gasteiger partial charge in [-0.2, -0.15) is 0 Å². The van der Waals surface area contributed by atoms with Crippen LogP contribution in [0.5, 0.6) is 0 Å². The monoisotopic (exact) mass is 248 g/mol. The molecule has 0 aliphatic heterocycles. The molecule has 1 aliphatic carbocycles. The van der Waals surface area contributed by atoms with E-state index in [1.165, 1.54) is 17.5 Å². The van der Waals surface area contributed by atoms with Crippen molar-refractivity contribution < 1.29 is 5.11 Å². The summed E-state index contributed by atoms with van der Waals surface area (Å²) in [7, 11) is 3.97. The van der Waals surface area contributed by atoms with Gasteiger partial charge in [0.25, 0.3) is 0 Å². The smallest absolute Gasteiger partial charge is 0.0791 e. The first-order chi connectivity index (χ1) is 8.65. The molecule has 2 unspecified atom stereocenters. The SMILES string of the molecule is CN(C)CC(O)CNC1CCc2ccccc2C1. The van der Waals surface area contributed by atoms with E-state index >= 15 is 0 Å². The van der Waals surface area contributed by atoms with Gasteiger partial charge in [0.1, 0.15) is 0 Å². The van der Waals surface area contributed by atoms with Gasteiger partial charge in [-0.3, -0.25) is 0 Å². The lowest BCUT2D eigenvalue weighted by molar-refractivity contribution is 0.130. The van der Waals surface area contributed by atoms with Crippen LogP contribution in [0.2, 0.25) is 0 Å². The molecule has 0 amide bonds. The van der Waals surface area contributed by atoms with Crippen molar-refractivity contribution in [2.24, 2.45) is 0 Å². The molecule has 0 radical (unpaired) electrons. The van der Waals surface area contributed by atoms with Crippen molar-refractivity contribution in [3.8, 4) is 0 Å². The maximum Gasteiger partial charge on any atom is 0.0791 e. The maximum atomic E-state index is 9.84. The highest BCUT2D eigenvalue weighted by atomic mass is 16.3. The normalized spacial score (nSPS) is 20.8. The summed E-state index contributed by atoms with van der Waals surface area (Å²) in [5.74, 6) is 0. The van der Waals surface area contributed by atoms with Crippen LogP contribution in [0.15, 0.2) is 24.3 Å². The summed E-state index contributed by atoms with van der Waals surface area (Å²) < 4.78 is 0. The van der Waals surface area contributed by atoms with Gasteiger partial charge in [-0.15, -0.1) is 0 Å². The fourth-order valence-electron chi connectivity index (χ4n) is 2.66. The number of likely N-dealkylation sites (N-methyl/N-ethyl adjacent to an activating group) is 1. The molecule has 0 heterocycles. The Bertz CT molecular complexity index is 379. The zero-order valence-corrected chi connectivity index (χ0v) is 11.4. The topological polar surface area (TPSA) is 35.5 Å². The van der Waals surface area contributed by atoms with Crippen LogP contribution in [0.25, 0.3) is 0 Å². The van der Waals surface area contributed by atoms with Gasteiger partial charge in [-0.25, -0.2) is 0 Å². The lowest BCUT2D eigenvalue weighted by Gasteiger charge is -2.27. The van der Waals surface area contributed by atoms with Crippen molar-refractivity contribution >= 4 is 0 Å². The van der Waals surface area contributed by atoms with Crippen LogP contribution in [0.1, 0.15) is 17.5 Å².